The van der Waals surface area contributed by atoms with Crippen molar-refractivity contribution in [3.8, 4) is 0 Å². The van der Waals surface area contributed by atoms with Crippen LogP contribution in [0.5, 0.6) is 0 Å². The third-order valence-electron chi connectivity index (χ3n) is 5.96. The lowest BCUT2D eigenvalue weighted by molar-refractivity contribution is 0.198. The number of fused-ring (bicyclic) bond motifs is 2. The molecule has 28 heavy (non-hydrogen) atoms. The molecule has 148 valence electrons. The molecule has 0 fully saturated rings. The van der Waals surface area contributed by atoms with E-state index in [2.05, 4.69) is 66.8 Å². The van der Waals surface area contributed by atoms with E-state index in [1.807, 2.05) is 6.20 Å². The molecule has 0 radical (unpaired) electrons. The molecule has 2 heterocycles. The first kappa shape index (κ1) is 19.1. The Morgan fingerprint density at radius 1 is 1.21 bits per heavy atom. The van der Waals surface area contributed by atoms with E-state index >= 15 is 0 Å². The summed E-state index contributed by atoms with van der Waals surface area (Å²) in [5.74, 6) is 1.10. The molecule has 1 aliphatic carbocycles. The average Bonchev–Trinajstić information content (AvgIpc) is 3.04. The Balaban J connectivity index is 1.66. The summed E-state index contributed by atoms with van der Waals surface area (Å²) in [6.45, 7) is 6.75. The summed E-state index contributed by atoms with van der Waals surface area (Å²) in [4.78, 5) is 12.1. The van der Waals surface area contributed by atoms with Crippen LogP contribution in [0.3, 0.4) is 0 Å². The number of rotatable bonds is 6. The molecule has 0 saturated carbocycles. The number of imidazole rings is 1. The molecule has 4 rings (SSSR count). The second-order valence-electron chi connectivity index (χ2n) is 8.84. The molecule has 2 aromatic heterocycles. The minimum atomic E-state index is 0.0236. The third-order valence-corrected chi connectivity index (χ3v) is 5.96. The Morgan fingerprint density at radius 3 is 2.86 bits per heavy atom. The predicted molar refractivity (Wildman–Crippen MR) is 114 cm³/mol. The maximum Gasteiger partial charge on any atom is 0.124 e. The van der Waals surface area contributed by atoms with Crippen molar-refractivity contribution in [3.05, 3.63) is 59.7 Å². The zero-order chi connectivity index (χ0) is 19.7. The Bertz CT molecular complexity index is 959. The molecule has 2 N–H and O–H groups in total. The van der Waals surface area contributed by atoms with Crippen molar-refractivity contribution < 1.29 is 0 Å². The van der Waals surface area contributed by atoms with Gasteiger partial charge in [-0.2, -0.15) is 0 Å². The Morgan fingerprint density at radius 2 is 2.04 bits per heavy atom. The number of aryl methyl sites for hydroxylation is 1. The van der Waals surface area contributed by atoms with Crippen molar-refractivity contribution in [2.24, 2.45) is 11.1 Å². The summed E-state index contributed by atoms with van der Waals surface area (Å²) in [7, 11) is 2.20. The SMILES string of the molecule is CN(Cc1nc2ccccc2n1CC(C)(C)CN)C1CCCc2cccnc21. The Hall–Kier alpha value is -2.24. The fourth-order valence-corrected chi connectivity index (χ4v) is 4.26. The number of aromatic nitrogens is 3. The first-order valence-corrected chi connectivity index (χ1v) is 10.3. The zero-order valence-corrected chi connectivity index (χ0v) is 17.2. The first-order chi connectivity index (χ1) is 13.5. The van der Waals surface area contributed by atoms with Crippen LogP contribution in [0.15, 0.2) is 42.6 Å². The number of para-hydroxylation sites is 2. The van der Waals surface area contributed by atoms with Crippen LogP contribution in [0, 0.1) is 5.41 Å². The van der Waals surface area contributed by atoms with E-state index in [-0.39, 0.29) is 5.41 Å². The number of pyridine rings is 1. The molecule has 5 heteroatoms. The summed E-state index contributed by atoms with van der Waals surface area (Å²) >= 11 is 0. The minimum Gasteiger partial charge on any atom is -0.330 e. The minimum absolute atomic E-state index is 0.0236. The Kier molecular flexibility index (Phi) is 5.21. The second-order valence-corrected chi connectivity index (χ2v) is 8.84. The average molecular weight is 378 g/mol. The quantitative estimate of drug-likeness (QED) is 0.707. The van der Waals surface area contributed by atoms with E-state index in [0.29, 0.717) is 12.6 Å². The third kappa shape index (κ3) is 3.69. The van der Waals surface area contributed by atoms with Gasteiger partial charge in [-0.1, -0.05) is 32.0 Å². The highest BCUT2D eigenvalue weighted by Gasteiger charge is 2.27. The van der Waals surface area contributed by atoms with Gasteiger partial charge in [0.25, 0.3) is 0 Å². The molecule has 3 aromatic rings. The van der Waals surface area contributed by atoms with Gasteiger partial charge in [0.1, 0.15) is 5.82 Å². The summed E-state index contributed by atoms with van der Waals surface area (Å²) in [6.07, 6.45) is 5.42. The second kappa shape index (κ2) is 7.64. The van der Waals surface area contributed by atoms with Crippen molar-refractivity contribution >= 4 is 11.0 Å². The summed E-state index contributed by atoms with van der Waals surface area (Å²) < 4.78 is 2.36. The van der Waals surface area contributed by atoms with E-state index in [1.165, 1.54) is 23.2 Å². The topological polar surface area (TPSA) is 60.0 Å². The normalized spacial score (nSPS) is 17.2. The molecule has 1 unspecified atom stereocenters. The van der Waals surface area contributed by atoms with Gasteiger partial charge in [0.05, 0.1) is 29.3 Å². The zero-order valence-electron chi connectivity index (χ0n) is 17.2. The molecule has 0 spiro atoms. The lowest BCUT2D eigenvalue weighted by Crippen LogP contribution is -2.32. The summed E-state index contributed by atoms with van der Waals surface area (Å²) in [5, 5.41) is 0. The van der Waals surface area contributed by atoms with Gasteiger partial charge in [0.2, 0.25) is 0 Å². The number of benzene rings is 1. The van der Waals surface area contributed by atoms with Crippen LogP contribution in [-0.4, -0.2) is 33.0 Å². The van der Waals surface area contributed by atoms with Crippen LogP contribution in [0.2, 0.25) is 0 Å². The molecule has 5 nitrogen and oxygen atoms in total. The van der Waals surface area contributed by atoms with Crippen molar-refractivity contribution in [2.45, 2.75) is 52.2 Å². The van der Waals surface area contributed by atoms with Gasteiger partial charge in [-0.25, -0.2) is 4.98 Å². The highest BCUT2D eigenvalue weighted by Crippen LogP contribution is 2.33. The maximum atomic E-state index is 6.04. The van der Waals surface area contributed by atoms with Crippen LogP contribution in [-0.2, 0) is 19.5 Å². The van der Waals surface area contributed by atoms with E-state index in [9.17, 15) is 0 Å². The van der Waals surface area contributed by atoms with Gasteiger partial charge in [-0.3, -0.25) is 9.88 Å². The smallest absolute Gasteiger partial charge is 0.124 e. The van der Waals surface area contributed by atoms with Gasteiger partial charge in [-0.15, -0.1) is 0 Å². The van der Waals surface area contributed by atoms with Crippen molar-refractivity contribution in [2.75, 3.05) is 13.6 Å². The standard InChI is InChI=1S/C23H31N5/c1-23(2,15-24)16-28-19-11-5-4-10-18(19)26-21(28)14-27(3)20-12-6-8-17-9-7-13-25-22(17)20/h4-5,7,9-11,13,20H,6,8,12,14-16,24H2,1-3H3. The molecule has 0 amide bonds. The highest BCUT2D eigenvalue weighted by atomic mass is 15.2. The van der Waals surface area contributed by atoms with E-state index in [0.717, 1.165) is 37.3 Å². The monoisotopic (exact) mass is 377 g/mol. The number of nitrogens with two attached hydrogens (primary N) is 1. The number of nitrogens with zero attached hydrogens (tertiary/aromatic N) is 4. The maximum absolute atomic E-state index is 6.04. The summed E-state index contributed by atoms with van der Waals surface area (Å²) in [5.41, 5.74) is 10.9. The lowest BCUT2D eigenvalue weighted by atomic mass is 9.91. The molecular weight excluding hydrogens is 346 g/mol. The van der Waals surface area contributed by atoms with Crippen LogP contribution >= 0.6 is 0 Å². The van der Waals surface area contributed by atoms with Crippen molar-refractivity contribution in [1.82, 2.24) is 19.4 Å². The fourth-order valence-electron chi connectivity index (χ4n) is 4.26. The van der Waals surface area contributed by atoms with Gasteiger partial charge in [0, 0.05) is 12.7 Å². The Labute approximate surface area is 167 Å². The molecule has 0 saturated heterocycles. The molecular formula is C23H31N5. The molecule has 1 aliphatic rings. The van der Waals surface area contributed by atoms with Crippen LogP contribution in [0.4, 0.5) is 0 Å². The van der Waals surface area contributed by atoms with E-state index in [4.69, 9.17) is 15.7 Å². The van der Waals surface area contributed by atoms with Crippen LogP contribution < -0.4 is 5.73 Å². The van der Waals surface area contributed by atoms with E-state index in [1.54, 1.807) is 0 Å². The predicted octanol–water partition coefficient (Wildman–Crippen LogP) is 3.93. The van der Waals surface area contributed by atoms with E-state index < -0.39 is 0 Å². The number of hydrogen-bond acceptors (Lipinski definition) is 4. The molecule has 0 aliphatic heterocycles. The molecule has 0 bridgehead atoms. The van der Waals surface area contributed by atoms with Crippen molar-refractivity contribution in [1.29, 1.82) is 0 Å². The number of hydrogen-bond donors (Lipinski definition) is 1. The summed E-state index contributed by atoms with van der Waals surface area (Å²) in [6, 6.07) is 13.0. The van der Waals surface area contributed by atoms with Crippen LogP contribution in [0.25, 0.3) is 11.0 Å². The van der Waals surface area contributed by atoms with Gasteiger partial charge in [0.15, 0.2) is 0 Å². The highest BCUT2D eigenvalue weighted by molar-refractivity contribution is 5.75. The first-order valence-electron chi connectivity index (χ1n) is 10.3. The largest absolute Gasteiger partial charge is 0.330 e. The molecule has 1 aromatic carbocycles. The van der Waals surface area contributed by atoms with Crippen molar-refractivity contribution in [3.63, 3.8) is 0 Å². The van der Waals surface area contributed by atoms with Gasteiger partial charge < -0.3 is 10.3 Å². The molecule has 1 atom stereocenters. The fraction of sp³-hybridized carbons (Fsp3) is 0.478. The van der Waals surface area contributed by atoms with Gasteiger partial charge in [-0.05, 0) is 62.0 Å². The lowest BCUT2D eigenvalue weighted by Gasteiger charge is -2.32. The van der Waals surface area contributed by atoms with Gasteiger partial charge >= 0.3 is 0 Å². The van der Waals surface area contributed by atoms with Crippen LogP contribution in [0.1, 0.15) is 49.8 Å².